The van der Waals surface area contributed by atoms with Crippen LogP contribution in [0.15, 0.2) is 67.3 Å². The predicted molar refractivity (Wildman–Crippen MR) is 138 cm³/mol. The fraction of sp³-hybridized carbons (Fsp3) is 0.250. The molecule has 38 heavy (non-hydrogen) atoms. The molecule has 10 heteroatoms. The number of aromatic nitrogens is 3. The van der Waals surface area contributed by atoms with Gasteiger partial charge in [0.15, 0.2) is 5.82 Å². The monoisotopic (exact) mass is 518 g/mol. The van der Waals surface area contributed by atoms with Crippen LogP contribution in [-0.4, -0.2) is 63.3 Å². The van der Waals surface area contributed by atoms with Crippen molar-refractivity contribution in [2.45, 2.75) is 12.7 Å². The van der Waals surface area contributed by atoms with Crippen molar-refractivity contribution in [3.05, 3.63) is 95.3 Å². The molecule has 1 aliphatic heterocycles. The molecule has 0 radical (unpaired) electrons. The van der Waals surface area contributed by atoms with Crippen LogP contribution < -0.4 is 5.32 Å². The lowest BCUT2D eigenvalue weighted by Crippen LogP contribution is -2.44. The Kier molecular flexibility index (Phi) is 7.13. The number of hydrogen-bond acceptors (Lipinski definition) is 5. The number of nitrogens with zero attached hydrogens (tertiary/aromatic N) is 5. The van der Waals surface area contributed by atoms with Crippen LogP contribution in [0.5, 0.6) is 0 Å². The van der Waals surface area contributed by atoms with Crippen LogP contribution in [0.4, 0.5) is 18.9 Å². The van der Waals surface area contributed by atoms with E-state index >= 15 is 0 Å². The molecule has 5 rings (SSSR count). The predicted octanol–water partition coefficient (Wildman–Crippen LogP) is 4.15. The summed E-state index contributed by atoms with van der Waals surface area (Å²) in [6, 6.07) is 11.1. The Morgan fingerprint density at radius 1 is 1.03 bits per heavy atom. The fourth-order valence-electron chi connectivity index (χ4n) is 4.30. The molecule has 1 aliphatic rings. The van der Waals surface area contributed by atoms with Crippen LogP contribution in [-0.2, 0) is 12.7 Å². The summed E-state index contributed by atoms with van der Waals surface area (Å²) < 4.78 is 43.5. The minimum Gasteiger partial charge on any atom is -0.322 e. The average Bonchev–Trinajstić information content (AvgIpc) is 3.32. The van der Waals surface area contributed by atoms with Crippen LogP contribution in [0.1, 0.15) is 32.9 Å². The van der Waals surface area contributed by atoms with Crippen LogP contribution >= 0.6 is 0 Å². The van der Waals surface area contributed by atoms with Crippen LogP contribution in [0.25, 0.3) is 5.52 Å². The summed E-state index contributed by atoms with van der Waals surface area (Å²) in [5.41, 5.74) is 1.05. The second-order valence-electron chi connectivity index (χ2n) is 9.19. The maximum Gasteiger partial charge on any atom is 0.416 e. The number of piperazine rings is 1. The minimum atomic E-state index is -4.54. The molecule has 1 N–H and O–H groups in total. The highest BCUT2D eigenvalue weighted by atomic mass is 19.4. The van der Waals surface area contributed by atoms with Gasteiger partial charge in [-0.15, -0.1) is 0 Å². The zero-order valence-electron chi connectivity index (χ0n) is 20.7. The number of carbonyl (C=O) groups is 1. The molecular formula is C28H25F3N6O. The number of amides is 1. The van der Waals surface area contributed by atoms with Crippen molar-refractivity contribution in [1.82, 2.24) is 24.2 Å². The molecule has 0 atom stereocenters. The van der Waals surface area contributed by atoms with Crippen molar-refractivity contribution in [2.75, 3.05) is 38.5 Å². The van der Waals surface area contributed by atoms with Crippen molar-refractivity contribution in [2.24, 2.45) is 0 Å². The summed E-state index contributed by atoms with van der Waals surface area (Å²) in [5.74, 6) is 5.87. The Morgan fingerprint density at radius 3 is 2.63 bits per heavy atom. The number of nitrogens with one attached hydrogen (secondary N) is 1. The van der Waals surface area contributed by atoms with E-state index in [1.165, 1.54) is 30.6 Å². The summed E-state index contributed by atoms with van der Waals surface area (Å²) in [4.78, 5) is 25.4. The molecule has 1 amide bonds. The van der Waals surface area contributed by atoms with E-state index in [1.807, 2.05) is 40.7 Å². The van der Waals surface area contributed by atoms with E-state index in [0.717, 1.165) is 24.7 Å². The molecule has 3 aromatic heterocycles. The topological polar surface area (TPSA) is 65.8 Å². The van der Waals surface area contributed by atoms with Crippen LogP contribution in [0.3, 0.4) is 0 Å². The standard InChI is InChI=1S/C28H25F3N6O/c1-35-10-12-36(13-11-35)19-21-6-7-23(15-25(21)28(29,30)31)34-27(38)22-14-20(16-32-17-22)5-8-26-33-18-24-4-2-3-9-37(24)26/h2-4,6-7,9,14-18H,10-13,19H2,1H3,(H,34,38). The van der Waals surface area contributed by atoms with E-state index in [4.69, 9.17) is 0 Å². The van der Waals surface area contributed by atoms with Crippen molar-refractivity contribution in [1.29, 1.82) is 0 Å². The number of anilines is 1. The maximum absolute atomic E-state index is 13.9. The molecule has 0 bridgehead atoms. The van der Waals surface area contributed by atoms with Gasteiger partial charge in [-0.25, -0.2) is 4.98 Å². The third-order valence-corrected chi connectivity index (χ3v) is 6.42. The lowest BCUT2D eigenvalue weighted by atomic mass is 10.0. The number of carbonyl (C=O) groups excluding carboxylic acids is 1. The average molecular weight is 519 g/mol. The SMILES string of the molecule is CN1CCN(Cc2ccc(NC(=O)c3cncc(C#Cc4ncc5ccccn45)c3)cc2C(F)(F)F)CC1. The molecule has 7 nitrogen and oxygen atoms in total. The van der Waals surface area contributed by atoms with E-state index in [0.29, 0.717) is 24.5 Å². The van der Waals surface area contributed by atoms with E-state index in [1.54, 1.807) is 6.20 Å². The smallest absolute Gasteiger partial charge is 0.322 e. The number of likely N-dealkylation sites (N-methyl/N-ethyl adjacent to an activating group) is 1. The Bertz CT molecular complexity index is 1530. The van der Waals surface area contributed by atoms with Gasteiger partial charge in [-0.1, -0.05) is 18.1 Å². The van der Waals surface area contributed by atoms with E-state index < -0.39 is 17.6 Å². The first-order valence-electron chi connectivity index (χ1n) is 12.1. The Morgan fingerprint density at radius 2 is 1.84 bits per heavy atom. The lowest BCUT2D eigenvalue weighted by Gasteiger charge is -2.33. The van der Waals surface area contributed by atoms with Gasteiger partial charge in [-0.3, -0.25) is 19.1 Å². The molecule has 0 spiro atoms. The molecule has 0 saturated carbocycles. The number of rotatable bonds is 4. The molecule has 1 aromatic carbocycles. The molecule has 4 heterocycles. The molecular weight excluding hydrogens is 493 g/mol. The van der Waals surface area contributed by atoms with Gasteiger partial charge in [0.2, 0.25) is 0 Å². The minimum absolute atomic E-state index is 0.0600. The molecule has 4 aromatic rings. The zero-order chi connectivity index (χ0) is 26.7. The van der Waals surface area contributed by atoms with Gasteiger partial charge in [0.05, 0.1) is 22.8 Å². The van der Waals surface area contributed by atoms with E-state index in [9.17, 15) is 18.0 Å². The largest absolute Gasteiger partial charge is 0.416 e. The van der Waals surface area contributed by atoms with Crippen molar-refractivity contribution in [3.8, 4) is 11.8 Å². The number of pyridine rings is 2. The molecule has 1 saturated heterocycles. The summed E-state index contributed by atoms with van der Waals surface area (Å²) in [7, 11) is 2.00. The number of fused-ring (bicyclic) bond motifs is 1. The van der Waals surface area contributed by atoms with Crippen LogP contribution in [0, 0.1) is 11.8 Å². The van der Waals surface area contributed by atoms with E-state index in [2.05, 4.69) is 32.0 Å². The normalized spacial score (nSPS) is 14.7. The number of halogens is 3. The van der Waals surface area contributed by atoms with Gasteiger partial charge in [-0.05, 0) is 48.9 Å². The van der Waals surface area contributed by atoms with Gasteiger partial charge in [0, 0.05) is 62.6 Å². The van der Waals surface area contributed by atoms with Gasteiger partial charge in [0.25, 0.3) is 5.91 Å². The first-order chi connectivity index (χ1) is 18.3. The number of benzene rings is 1. The van der Waals surface area contributed by atoms with Crippen molar-refractivity contribution in [3.63, 3.8) is 0 Å². The number of alkyl halides is 3. The van der Waals surface area contributed by atoms with Crippen molar-refractivity contribution < 1.29 is 18.0 Å². The molecule has 0 unspecified atom stereocenters. The summed E-state index contributed by atoms with van der Waals surface area (Å²) in [6.45, 7) is 3.23. The second kappa shape index (κ2) is 10.7. The third kappa shape index (κ3) is 5.85. The van der Waals surface area contributed by atoms with Gasteiger partial charge < -0.3 is 10.2 Å². The summed E-state index contributed by atoms with van der Waals surface area (Å²) in [6.07, 6.45) is 1.86. The first kappa shape index (κ1) is 25.4. The third-order valence-electron chi connectivity index (χ3n) is 6.42. The highest BCUT2D eigenvalue weighted by Gasteiger charge is 2.34. The quantitative estimate of drug-likeness (QED) is 0.412. The number of imidazole rings is 1. The van der Waals surface area contributed by atoms with Crippen LogP contribution in [0.2, 0.25) is 0 Å². The Hall–Kier alpha value is -4.20. The number of hydrogen-bond donors (Lipinski definition) is 1. The molecule has 194 valence electrons. The Labute approximate surface area is 217 Å². The Balaban J connectivity index is 1.32. The first-order valence-corrected chi connectivity index (χ1v) is 12.1. The highest BCUT2D eigenvalue weighted by Crippen LogP contribution is 2.34. The van der Waals surface area contributed by atoms with Gasteiger partial charge >= 0.3 is 6.18 Å². The maximum atomic E-state index is 13.9. The fourth-order valence-corrected chi connectivity index (χ4v) is 4.30. The summed E-state index contributed by atoms with van der Waals surface area (Å²) in [5, 5.41) is 2.56. The van der Waals surface area contributed by atoms with Crippen molar-refractivity contribution >= 4 is 17.1 Å². The van der Waals surface area contributed by atoms with E-state index in [-0.39, 0.29) is 23.4 Å². The van der Waals surface area contributed by atoms with Gasteiger partial charge in [-0.2, -0.15) is 13.2 Å². The lowest BCUT2D eigenvalue weighted by molar-refractivity contribution is -0.138. The highest BCUT2D eigenvalue weighted by molar-refractivity contribution is 6.04. The summed E-state index contributed by atoms with van der Waals surface area (Å²) >= 11 is 0. The zero-order valence-corrected chi connectivity index (χ0v) is 20.7. The second-order valence-corrected chi connectivity index (χ2v) is 9.19. The molecule has 1 fully saturated rings. The molecule has 0 aliphatic carbocycles. The van der Waals surface area contributed by atoms with Gasteiger partial charge in [0.1, 0.15) is 0 Å².